The monoisotopic (exact) mass is 284 g/mol. The van der Waals surface area contributed by atoms with Crippen molar-refractivity contribution in [3.05, 3.63) is 58.6 Å². The van der Waals surface area contributed by atoms with E-state index in [0.29, 0.717) is 17.4 Å². The number of hydrogen-bond acceptors (Lipinski definition) is 1. The Balaban J connectivity index is 2.51. The van der Waals surface area contributed by atoms with E-state index in [9.17, 15) is 18.0 Å². The van der Waals surface area contributed by atoms with Gasteiger partial charge in [-0.3, -0.25) is 4.79 Å². The summed E-state index contributed by atoms with van der Waals surface area (Å²) in [7, 11) is 0. The van der Waals surface area contributed by atoms with Gasteiger partial charge in [0, 0.05) is 16.1 Å². The second-order valence-electron chi connectivity index (χ2n) is 3.93. The molecule has 0 radical (unpaired) electrons. The molecule has 0 spiro atoms. The number of halogens is 4. The van der Waals surface area contributed by atoms with Crippen LogP contribution >= 0.6 is 11.6 Å². The van der Waals surface area contributed by atoms with Gasteiger partial charge in [0.15, 0.2) is 0 Å². The molecular formula is C14H8ClF3O. The molecule has 0 aliphatic carbocycles. The topological polar surface area (TPSA) is 17.1 Å². The largest absolute Gasteiger partial charge is 0.416 e. The highest BCUT2D eigenvalue weighted by Gasteiger charge is 2.31. The van der Waals surface area contributed by atoms with Crippen LogP contribution in [-0.2, 0) is 6.18 Å². The first-order valence-electron chi connectivity index (χ1n) is 5.34. The van der Waals surface area contributed by atoms with Gasteiger partial charge < -0.3 is 0 Å². The van der Waals surface area contributed by atoms with Gasteiger partial charge in [0.05, 0.1) is 5.56 Å². The van der Waals surface area contributed by atoms with Crippen molar-refractivity contribution in [3.63, 3.8) is 0 Å². The van der Waals surface area contributed by atoms with Gasteiger partial charge in [-0.25, -0.2) is 0 Å². The van der Waals surface area contributed by atoms with Gasteiger partial charge in [-0.1, -0.05) is 35.9 Å². The van der Waals surface area contributed by atoms with Crippen LogP contribution in [0.1, 0.15) is 15.9 Å². The van der Waals surface area contributed by atoms with Gasteiger partial charge in [-0.05, 0) is 23.8 Å². The van der Waals surface area contributed by atoms with E-state index >= 15 is 0 Å². The van der Waals surface area contributed by atoms with E-state index in [1.165, 1.54) is 18.2 Å². The molecule has 0 saturated heterocycles. The molecule has 0 aromatic heterocycles. The molecule has 0 bridgehead atoms. The van der Waals surface area contributed by atoms with Crippen LogP contribution in [0.3, 0.4) is 0 Å². The summed E-state index contributed by atoms with van der Waals surface area (Å²) in [5, 5.41) is 0.229. The van der Waals surface area contributed by atoms with Gasteiger partial charge in [0.25, 0.3) is 0 Å². The molecule has 19 heavy (non-hydrogen) atoms. The van der Waals surface area contributed by atoms with E-state index in [2.05, 4.69) is 0 Å². The number of carbonyl (C=O) groups excluding carboxylic acids is 1. The minimum Gasteiger partial charge on any atom is -0.298 e. The lowest BCUT2D eigenvalue weighted by atomic mass is 10.0. The normalized spacial score (nSPS) is 11.4. The third-order valence-corrected chi connectivity index (χ3v) is 2.98. The van der Waals surface area contributed by atoms with Gasteiger partial charge in [0.1, 0.15) is 6.29 Å². The second-order valence-corrected chi connectivity index (χ2v) is 4.34. The van der Waals surface area contributed by atoms with Crippen molar-refractivity contribution in [1.29, 1.82) is 0 Å². The summed E-state index contributed by atoms with van der Waals surface area (Å²) in [5.41, 5.74) is 0.508. The van der Waals surface area contributed by atoms with Crippen molar-refractivity contribution in [2.45, 2.75) is 6.18 Å². The molecule has 1 nitrogen and oxygen atoms in total. The minimum atomic E-state index is -4.41. The van der Waals surface area contributed by atoms with Crippen LogP contribution in [0.15, 0.2) is 42.5 Å². The quantitative estimate of drug-likeness (QED) is 0.721. The number of aldehydes is 1. The molecule has 0 unspecified atom stereocenters. The highest BCUT2D eigenvalue weighted by molar-refractivity contribution is 6.33. The van der Waals surface area contributed by atoms with Crippen molar-refractivity contribution in [2.75, 3.05) is 0 Å². The zero-order valence-corrected chi connectivity index (χ0v) is 10.3. The lowest BCUT2D eigenvalue weighted by Crippen LogP contribution is -2.04. The van der Waals surface area contributed by atoms with E-state index in [4.69, 9.17) is 11.6 Å². The predicted octanol–water partition coefficient (Wildman–Crippen LogP) is 4.84. The van der Waals surface area contributed by atoms with Crippen LogP contribution in [0.25, 0.3) is 11.1 Å². The molecule has 5 heteroatoms. The number of hydrogen-bond donors (Lipinski definition) is 0. The molecule has 0 atom stereocenters. The maximum absolute atomic E-state index is 12.6. The fraction of sp³-hybridized carbons (Fsp3) is 0.0714. The lowest BCUT2D eigenvalue weighted by molar-refractivity contribution is -0.137. The Labute approximate surface area is 112 Å². The molecular weight excluding hydrogens is 277 g/mol. The maximum atomic E-state index is 12.6. The highest BCUT2D eigenvalue weighted by atomic mass is 35.5. The average molecular weight is 285 g/mol. The first-order chi connectivity index (χ1) is 8.91. The summed E-state index contributed by atoms with van der Waals surface area (Å²) in [6.45, 7) is 0. The Hall–Kier alpha value is -1.81. The van der Waals surface area contributed by atoms with E-state index in [1.54, 1.807) is 12.1 Å². The maximum Gasteiger partial charge on any atom is 0.416 e. The van der Waals surface area contributed by atoms with E-state index in [-0.39, 0.29) is 10.6 Å². The summed E-state index contributed by atoms with van der Waals surface area (Å²) >= 11 is 5.92. The Bertz CT molecular complexity index is 603. The molecule has 0 saturated carbocycles. The van der Waals surface area contributed by atoms with Crippen LogP contribution < -0.4 is 0 Å². The Kier molecular flexibility index (Phi) is 3.62. The summed E-state index contributed by atoms with van der Waals surface area (Å²) in [6.07, 6.45) is -3.75. The molecule has 0 aliphatic heterocycles. The zero-order valence-electron chi connectivity index (χ0n) is 9.54. The standard InChI is InChI=1S/C14H8ClF3O/c15-13-6-5-11(14(16,17)18)7-12(13)10-3-1-9(8-19)2-4-10/h1-8H. The molecule has 2 aromatic rings. The molecule has 0 fully saturated rings. The van der Waals surface area contributed by atoms with E-state index in [1.807, 2.05) is 0 Å². The lowest BCUT2D eigenvalue weighted by Gasteiger charge is -2.10. The third kappa shape index (κ3) is 2.96. The van der Waals surface area contributed by atoms with Crippen molar-refractivity contribution < 1.29 is 18.0 Å². The highest BCUT2D eigenvalue weighted by Crippen LogP contribution is 2.35. The van der Waals surface area contributed by atoms with Gasteiger partial charge in [-0.15, -0.1) is 0 Å². The fourth-order valence-corrected chi connectivity index (χ4v) is 1.89. The van der Waals surface area contributed by atoms with Crippen LogP contribution in [0.2, 0.25) is 5.02 Å². The third-order valence-electron chi connectivity index (χ3n) is 2.65. The summed E-state index contributed by atoms with van der Waals surface area (Å²) in [5.74, 6) is 0. The first kappa shape index (κ1) is 13.6. The van der Waals surface area contributed by atoms with Crippen molar-refractivity contribution in [2.24, 2.45) is 0 Å². The van der Waals surface area contributed by atoms with Crippen LogP contribution in [-0.4, -0.2) is 6.29 Å². The van der Waals surface area contributed by atoms with Crippen LogP contribution in [0.4, 0.5) is 13.2 Å². The molecule has 2 aromatic carbocycles. The SMILES string of the molecule is O=Cc1ccc(-c2cc(C(F)(F)F)ccc2Cl)cc1. The Morgan fingerprint density at radius 2 is 1.63 bits per heavy atom. The van der Waals surface area contributed by atoms with Gasteiger partial charge in [-0.2, -0.15) is 13.2 Å². The minimum absolute atomic E-state index is 0.229. The smallest absolute Gasteiger partial charge is 0.298 e. The molecule has 0 heterocycles. The first-order valence-corrected chi connectivity index (χ1v) is 5.72. The van der Waals surface area contributed by atoms with Crippen LogP contribution in [0, 0.1) is 0 Å². The number of alkyl halides is 3. The van der Waals surface area contributed by atoms with Gasteiger partial charge >= 0.3 is 6.18 Å². The fourth-order valence-electron chi connectivity index (χ4n) is 1.66. The molecule has 2 rings (SSSR count). The van der Waals surface area contributed by atoms with Crippen LogP contribution in [0.5, 0.6) is 0 Å². The molecule has 98 valence electrons. The molecule has 0 N–H and O–H groups in total. The summed E-state index contributed by atoms with van der Waals surface area (Å²) in [4.78, 5) is 10.5. The van der Waals surface area contributed by atoms with E-state index in [0.717, 1.165) is 12.1 Å². The summed E-state index contributed by atoms with van der Waals surface area (Å²) < 4.78 is 37.9. The van der Waals surface area contributed by atoms with Crippen molar-refractivity contribution >= 4 is 17.9 Å². The predicted molar refractivity (Wildman–Crippen MR) is 67.3 cm³/mol. The number of benzene rings is 2. The Morgan fingerprint density at radius 3 is 2.16 bits per heavy atom. The number of carbonyl (C=O) groups is 1. The zero-order chi connectivity index (χ0) is 14.0. The second kappa shape index (κ2) is 5.05. The Morgan fingerprint density at radius 1 is 1.00 bits per heavy atom. The number of rotatable bonds is 2. The molecule has 0 amide bonds. The average Bonchev–Trinajstić information content (AvgIpc) is 2.38. The summed E-state index contributed by atoms with van der Waals surface area (Å²) in [6, 6.07) is 9.32. The molecule has 0 aliphatic rings. The van der Waals surface area contributed by atoms with Crippen molar-refractivity contribution in [3.8, 4) is 11.1 Å². The van der Waals surface area contributed by atoms with Gasteiger partial charge in [0.2, 0.25) is 0 Å². The van der Waals surface area contributed by atoms with E-state index < -0.39 is 11.7 Å². The van der Waals surface area contributed by atoms with Crippen molar-refractivity contribution in [1.82, 2.24) is 0 Å².